The summed E-state index contributed by atoms with van der Waals surface area (Å²) < 4.78 is 4.94. The molecule has 0 saturated heterocycles. The zero-order valence-corrected chi connectivity index (χ0v) is 8.88. The molecule has 6 nitrogen and oxygen atoms in total. The summed E-state index contributed by atoms with van der Waals surface area (Å²) in [6.07, 6.45) is 0. The van der Waals surface area contributed by atoms with Crippen LogP contribution >= 0.6 is 0 Å². The normalized spacial score (nSPS) is 11.2. The van der Waals surface area contributed by atoms with Gasteiger partial charge in [0.1, 0.15) is 17.5 Å². The lowest BCUT2D eigenvalue weighted by molar-refractivity contribution is -0.139. The van der Waals surface area contributed by atoms with Crippen molar-refractivity contribution in [3.63, 3.8) is 0 Å². The molecule has 0 aromatic heterocycles. The molecule has 17 heavy (non-hydrogen) atoms. The number of nitrogens with two attached hydrogens (primary N) is 2. The molecule has 1 aromatic rings. The molecule has 88 valence electrons. The number of hydrogen-bond acceptors (Lipinski definition) is 5. The molecule has 0 aliphatic carbocycles. The summed E-state index contributed by atoms with van der Waals surface area (Å²) in [5, 5.41) is 17.0. The lowest BCUT2D eigenvalue weighted by Crippen LogP contribution is -2.10. The quantitative estimate of drug-likeness (QED) is 0.641. The first-order valence-corrected chi connectivity index (χ1v) is 4.65. The molecule has 0 aliphatic heterocycles. The van der Waals surface area contributed by atoms with Crippen LogP contribution in [0, 0.1) is 11.3 Å². The van der Waals surface area contributed by atoms with Gasteiger partial charge in [-0.2, -0.15) is 5.26 Å². The predicted octanol–water partition coefficient (Wildman–Crippen LogP) is 0.260. The first-order valence-electron chi connectivity index (χ1n) is 4.65. The first-order chi connectivity index (χ1) is 8.04. The summed E-state index contributed by atoms with van der Waals surface area (Å²) in [6.45, 7) is -0.412. The second-order valence-electron chi connectivity index (χ2n) is 3.15. The number of nitriles is 1. The van der Waals surface area contributed by atoms with Gasteiger partial charge in [0, 0.05) is 5.56 Å². The molecular weight excluding hydrogens is 222 g/mol. The largest absolute Gasteiger partial charge is 0.482 e. The van der Waals surface area contributed by atoms with E-state index in [4.69, 9.17) is 26.6 Å². The van der Waals surface area contributed by atoms with Gasteiger partial charge in [-0.3, -0.25) is 0 Å². The molecule has 0 atom stereocenters. The fourth-order valence-electron chi connectivity index (χ4n) is 1.09. The first kappa shape index (κ1) is 12.4. The van der Waals surface area contributed by atoms with E-state index >= 15 is 0 Å². The lowest BCUT2D eigenvalue weighted by atomic mass is 10.1. The number of carboxylic acids is 1. The molecule has 0 radical (unpaired) electrons. The lowest BCUT2D eigenvalue weighted by Gasteiger charge is -2.05. The summed E-state index contributed by atoms with van der Waals surface area (Å²) in [7, 11) is 0. The average molecular weight is 233 g/mol. The SMILES string of the molecule is N#C/C(N)=C(/N)c1ccc(OCC(=O)O)cc1. The average Bonchev–Trinajstić information content (AvgIpc) is 2.35. The Bertz CT molecular complexity index is 486. The Morgan fingerprint density at radius 2 is 1.94 bits per heavy atom. The Balaban J connectivity index is 2.82. The van der Waals surface area contributed by atoms with E-state index in [2.05, 4.69) is 0 Å². The van der Waals surface area contributed by atoms with Crippen molar-refractivity contribution in [3.05, 3.63) is 35.5 Å². The Morgan fingerprint density at radius 3 is 2.41 bits per heavy atom. The van der Waals surface area contributed by atoms with Gasteiger partial charge in [-0.1, -0.05) is 0 Å². The van der Waals surface area contributed by atoms with Crippen LogP contribution in [0.1, 0.15) is 5.56 Å². The Morgan fingerprint density at radius 1 is 1.35 bits per heavy atom. The highest BCUT2D eigenvalue weighted by molar-refractivity contribution is 5.69. The van der Waals surface area contributed by atoms with E-state index in [1.54, 1.807) is 30.3 Å². The van der Waals surface area contributed by atoms with E-state index in [-0.39, 0.29) is 11.4 Å². The number of rotatable bonds is 4. The van der Waals surface area contributed by atoms with Gasteiger partial charge in [-0.15, -0.1) is 0 Å². The maximum Gasteiger partial charge on any atom is 0.341 e. The molecule has 0 unspecified atom stereocenters. The van der Waals surface area contributed by atoms with Crippen LogP contribution in [0.15, 0.2) is 30.0 Å². The van der Waals surface area contributed by atoms with Gasteiger partial charge in [-0.25, -0.2) is 4.79 Å². The van der Waals surface area contributed by atoms with Crippen LogP contribution in [0.2, 0.25) is 0 Å². The van der Waals surface area contributed by atoms with Crippen LogP contribution in [-0.2, 0) is 4.79 Å². The van der Waals surface area contributed by atoms with Crippen molar-refractivity contribution in [2.45, 2.75) is 0 Å². The maximum atomic E-state index is 10.3. The third kappa shape index (κ3) is 3.43. The fourth-order valence-corrected chi connectivity index (χ4v) is 1.09. The van der Waals surface area contributed by atoms with Crippen molar-refractivity contribution in [3.8, 4) is 11.8 Å². The summed E-state index contributed by atoms with van der Waals surface area (Å²) in [4.78, 5) is 10.3. The predicted molar refractivity (Wildman–Crippen MR) is 60.5 cm³/mol. The van der Waals surface area contributed by atoms with Gasteiger partial charge in [0.2, 0.25) is 0 Å². The van der Waals surface area contributed by atoms with E-state index in [1.807, 2.05) is 0 Å². The number of carbonyl (C=O) groups is 1. The third-order valence-corrected chi connectivity index (χ3v) is 1.94. The van der Waals surface area contributed by atoms with Crippen LogP contribution in [0.4, 0.5) is 0 Å². The molecule has 0 heterocycles. The second kappa shape index (κ2) is 5.42. The highest BCUT2D eigenvalue weighted by Crippen LogP contribution is 2.16. The van der Waals surface area contributed by atoms with Crippen molar-refractivity contribution in [2.75, 3.05) is 6.61 Å². The van der Waals surface area contributed by atoms with Crippen LogP contribution in [-0.4, -0.2) is 17.7 Å². The number of aliphatic carboxylic acids is 1. The summed E-state index contributed by atoms with van der Waals surface area (Å²) in [6, 6.07) is 8.03. The van der Waals surface area contributed by atoms with Crippen LogP contribution in [0.25, 0.3) is 5.70 Å². The number of allylic oxidation sites excluding steroid dienone is 1. The van der Waals surface area contributed by atoms with Crippen LogP contribution < -0.4 is 16.2 Å². The minimum Gasteiger partial charge on any atom is -0.482 e. The minimum atomic E-state index is -1.05. The third-order valence-electron chi connectivity index (χ3n) is 1.94. The number of ether oxygens (including phenoxy) is 1. The second-order valence-corrected chi connectivity index (χ2v) is 3.15. The molecule has 0 spiro atoms. The van der Waals surface area contributed by atoms with Crippen molar-refractivity contribution >= 4 is 11.7 Å². The topological polar surface area (TPSA) is 122 Å². The van der Waals surface area contributed by atoms with Gasteiger partial charge in [0.15, 0.2) is 6.61 Å². The Labute approximate surface area is 97.7 Å². The fraction of sp³-hybridized carbons (Fsp3) is 0.0909. The minimum absolute atomic E-state index is 0.0656. The molecule has 6 heteroatoms. The number of benzene rings is 1. The monoisotopic (exact) mass is 233 g/mol. The molecular formula is C11H11N3O3. The summed E-state index contributed by atoms with van der Waals surface area (Å²) >= 11 is 0. The molecule has 0 amide bonds. The highest BCUT2D eigenvalue weighted by atomic mass is 16.5. The van der Waals surface area contributed by atoms with Gasteiger partial charge >= 0.3 is 5.97 Å². The molecule has 1 rings (SSSR count). The number of nitrogens with zero attached hydrogens (tertiary/aromatic N) is 1. The van der Waals surface area contributed by atoms with Gasteiger partial charge in [0.05, 0.1) is 5.70 Å². The van der Waals surface area contributed by atoms with E-state index in [1.165, 1.54) is 0 Å². The molecule has 0 aliphatic rings. The number of carboxylic acid groups (broad SMARTS) is 1. The zero-order chi connectivity index (χ0) is 12.8. The molecule has 5 N–H and O–H groups in total. The van der Waals surface area contributed by atoms with Crippen LogP contribution in [0.3, 0.4) is 0 Å². The molecule has 1 aromatic carbocycles. The standard InChI is InChI=1S/C11H11N3O3/c12-5-9(13)11(14)7-1-3-8(4-2-7)17-6-10(15)16/h1-4H,6,13-14H2,(H,15,16)/b11-9-. The van der Waals surface area contributed by atoms with Gasteiger partial charge in [0.25, 0.3) is 0 Å². The summed E-state index contributed by atoms with van der Waals surface area (Å²) in [5.41, 5.74) is 11.7. The summed E-state index contributed by atoms with van der Waals surface area (Å²) in [5.74, 6) is -0.651. The van der Waals surface area contributed by atoms with Gasteiger partial charge in [-0.05, 0) is 24.3 Å². The van der Waals surface area contributed by atoms with Crippen molar-refractivity contribution < 1.29 is 14.6 Å². The highest BCUT2D eigenvalue weighted by Gasteiger charge is 2.03. The van der Waals surface area contributed by atoms with E-state index in [9.17, 15) is 4.79 Å². The molecule has 0 fully saturated rings. The van der Waals surface area contributed by atoms with E-state index < -0.39 is 12.6 Å². The Hall–Kier alpha value is -2.68. The van der Waals surface area contributed by atoms with E-state index in [0.717, 1.165) is 0 Å². The maximum absolute atomic E-state index is 10.3. The Kier molecular flexibility index (Phi) is 3.95. The van der Waals surface area contributed by atoms with Crippen molar-refractivity contribution in [2.24, 2.45) is 11.5 Å². The van der Waals surface area contributed by atoms with Crippen molar-refractivity contribution in [1.82, 2.24) is 0 Å². The molecule has 0 bridgehead atoms. The smallest absolute Gasteiger partial charge is 0.341 e. The van der Waals surface area contributed by atoms with E-state index in [0.29, 0.717) is 11.3 Å². The van der Waals surface area contributed by atoms with Crippen LogP contribution in [0.5, 0.6) is 5.75 Å². The van der Waals surface area contributed by atoms with Gasteiger partial charge < -0.3 is 21.3 Å². The number of hydrogen-bond donors (Lipinski definition) is 3. The zero-order valence-electron chi connectivity index (χ0n) is 8.88. The molecule has 0 saturated carbocycles. The van der Waals surface area contributed by atoms with Crippen molar-refractivity contribution in [1.29, 1.82) is 5.26 Å².